The van der Waals surface area contributed by atoms with Crippen molar-refractivity contribution in [3.05, 3.63) is 0 Å². The summed E-state index contributed by atoms with van der Waals surface area (Å²) in [6.45, 7) is 4.56. The van der Waals surface area contributed by atoms with Gasteiger partial charge in [0.2, 0.25) is 5.91 Å². The van der Waals surface area contributed by atoms with Crippen molar-refractivity contribution in [2.75, 3.05) is 26.8 Å². The van der Waals surface area contributed by atoms with Gasteiger partial charge in [-0.1, -0.05) is 0 Å². The molecule has 1 amide bonds. The molecule has 2 atom stereocenters. The molecule has 2 unspecified atom stereocenters. The van der Waals surface area contributed by atoms with E-state index in [-0.39, 0.29) is 11.9 Å². The Labute approximate surface area is 85.4 Å². The van der Waals surface area contributed by atoms with Crippen LogP contribution in [0.4, 0.5) is 0 Å². The fourth-order valence-electron chi connectivity index (χ4n) is 1.78. The third-order valence-corrected chi connectivity index (χ3v) is 2.46. The van der Waals surface area contributed by atoms with E-state index >= 15 is 0 Å². The molecule has 2 N–H and O–H groups in total. The predicted molar refractivity (Wildman–Crippen MR) is 55.1 cm³/mol. The number of carbonyl (C=O) groups excluding carboxylic acids is 1. The normalized spacial score (nSPS) is 23.4. The largest absolute Gasteiger partial charge is 0.383 e. The van der Waals surface area contributed by atoms with Crippen molar-refractivity contribution in [1.29, 1.82) is 0 Å². The first kappa shape index (κ1) is 11.5. The van der Waals surface area contributed by atoms with Gasteiger partial charge in [-0.15, -0.1) is 0 Å². The molecule has 0 aromatic heterocycles. The lowest BCUT2D eigenvalue weighted by Crippen LogP contribution is -2.36. The second-order valence-electron chi connectivity index (χ2n) is 3.99. The third kappa shape index (κ3) is 4.07. The highest BCUT2D eigenvalue weighted by molar-refractivity contribution is 5.76. The Hall–Kier alpha value is -0.610. The fraction of sp³-hybridized carbons (Fsp3) is 0.900. The van der Waals surface area contributed by atoms with Gasteiger partial charge in [-0.3, -0.25) is 4.79 Å². The lowest BCUT2D eigenvalue weighted by molar-refractivity contribution is -0.122. The van der Waals surface area contributed by atoms with E-state index in [1.165, 1.54) is 0 Å². The van der Waals surface area contributed by atoms with Gasteiger partial charge in [0.15, 0.2) is 0 Å². The topological polar surface area (TPSA) is 50.4 Å². The Bertz CT molecular complexity index is 179. The van der Waals surface area contributed by atoms with Gasteiger partial charge in [-0.05, 0) is 32.4 Å². The molecular weight excluding hydrogens is 180 g/mol. The molecule has 0 aromatic carbocycles. The quantitative estimate of drug-likeness (QED) is 0.663. The average molecular weight is 200 g/mol. The predicted octanol–water partition coefficient (Wildman–Crippen LogP) is 0.137. The van der Waals surface area contributed by atoms with E-state index in [9.17, 15) is 4.79 Å². The van der Waals surface area contributed by atoms with Crippen LogP contribution in [0, 0.1) is 5.92 Å². The zero-order valence-corrected chi connectivity index (χ0v) is 9.01. The number of rotatable bonds is 5. The number of methoxy groups -OCH3 is 1. The summed E-state index contributed by atoms with van der Waals surface area (Å²) in [5, 5.41) is 6.17. The summed E-state index contributed by atoms with van der Waals surface area (Å²) in [5.41, 5.74) is 0. The molecule has 4 nitrogen and oxygen atoms in total. The molecular formula is C10H20N2O2. The van der Waals surface area contributed by atoms with Crippen LogP contribution < -0.4 is 10.6 Å². The van der Waals surface area contributed by atoms with Crippen molar-refractivity contribution >= 4 is 5.91 Å². The van der Waals surface area contributed by atoms with Gasteiger partial charge in [0.1, 0.15) is 0 Å². The Kier molecular flexibility index (Phi) is 4.90. The number of ether oxygens (including phenoxy) is 1. The van der Waals surface area contributed by atoms with E-state index in [1.54, 1.807) is 7.11 Å². The number of carbonyl (C=O) groups is 1. The molecule has 1 fully saturated rings. The molecule has 82 valence electrons. The summed E-state index contributed by atoms with van der Waals surface area (Å²) >= 11 is 0. The zero-order valence-electron chi connectivity index (χ0n) is 9.01. The van der Waals surface area contributed by atoms with Crippen molar-refractivity contribution in [2.45, 2.75) is 25.8 Å². The van der Waals surface area contributed by atoms with E-state index in [0.29, 0.717) is 18.9 Å². The van der Waals surface area contributed by atoms with Crippen LogP contribution in [0.2, 0.25) is 0 Å². The van der Waals surface area contributed by atoms with Crippen molar-refractivity contribution in [1.82, 2.24) is 10.6 Å². The van der Waals surface area contributed by atoms with Gasteiger partial charge < -0.3 is 15.4 Å². The summed E-state index contributed by atoms with van der Waals surface area (Å²) in [6, 6.07) is 0.113. The maximum absolute atomic E-state index is 11.5. The zero-order chi connectivity index (χ0) is 10.4. The SMILES string of the molecule is COCC(C)NC(=O)CC1CCNC1. The minimum absolute atomic E-state index is 0.113. The molecule has 1 aliphatic heterocycles. The Morgan fingerprint density at radius 3 is 3.07 bits per heavy atom. The highest BCUT2D eigenvalue weighted by Crippen LogP contribution is 2.11. The van der Waals surface area contributed by atoms with Crippen LogP contribution in [0.1, 0.15) is 19.8 Å². The van der Waals surface area contributed by atoms with Gasteiger partial charge in [-0.2, -0.15) is 0 Å². The fourth-order valence-corrected chi connectivity index (χ4v) is 1.78. The average Bonchev–Trinajstić information content (AvgIpc) is 2.56. The van der Waals surface area contributed by atoms with Crippen molar-refractivity contribution in [3.63, 3.8) is 0 Å². The van der Waals surface area contributed by atoms with Crippen LogP contribution in [0.15, 0.2) is 0 Å². The van der Waals surface area contributed by atoms with E-state index in [0.717, 1.165) is 19.5 Å². The monoisotopic (exact) mass is 200 g/mol. The van der Waals surface area contributed by atoms with E-state index in [4.69, 9.17) is 4.74 Å². The summed E-state index contributed by atoms with van der Waals surface area (Å²) in [5.74, 6) is 0.660. The molecule has 1 heterocycles. The number of hydrogen-bond donors (Lipinski definition) is 2. The van der Waals surface area contributed by atoms with Crippen molar-refractivity contribution in [2.24, 2.45) is 5.92 Å². The lowest BCUT2D eigenvalue weighted by atomic mass is 10.0. The summed E-state index contributed by atoms with van der Waals surface area (Å²) in [4.78, 5) is 11.5. The van der Waals surface area contributed by atoms with Crippen LogP contribution in [0.25, 0.3) is 0 Å². The smallest absolute Gasteiger partial charge is 0.220 e. The second kappa shape index (κ2) is 5.98. The first-order valence-electron chi connectivity index (χ1n) is 5.21. The second-order valence-corrected chi connectivity index (χ2v) is 3.99. The summed E-state index contributed by atoms with van der Waals surface area (Å²) < 4.78 is 4.95. The molecule has 0 radical (unpaired) electrons. The molecule has 0 spiro atoms. The van der Waals surface area contributed by atoms with E-state index in [2.05, 4.69) is 10.6 Å². The third-order valence-electron chi connectivity index (χ3n) is 2.46. The van der Waals surface area contributed by atoms with Crippen LogP contribution in [-0.4, -0.2) is 38.8 Å². The molecule has 0 aromatic rings. The molecule has 0 bridgehead atoms. The molecule has 1 rings (SSSR count). The standard InChI is InChI=1S/C10H20N2O2/c1-8(7-14-2)12-10(13)5-9-3-4-11-6-9/h8-9,11H,3-7H2,1-2H3,(H,12,13). The van der Waals surface area contributed by atoms with Gasteiger partial charge in [0.05, 0.1) is 6.61 Å². The minimum atomic E-state index is 0.113. The molecule has 14 heavy (non-hydrogen) atoms. The van der Waals surface area contributed by atoms with Crippen LogP contribution in [0.3, 0.4) is 0 Å². The first-order chi connectivity index (χ1) is 6.72. The van der Waals surface area contributed by atoms with Crippen LogP contribution in [-0.2, 0) is 9.53 Å². The van der Waals surface area contributed by atoms with Crippen LogP contribution in [0.5, 0.6) is 0 Å². The number of nitrogens with one attached hydrogen (secondary N) is 2. The molecule has 1 saturated heterocycles. The summed E-state index contributed by atoms with van der Waals surface area (Å²) in [7, 11) is 1.64. The lowest BCUT2D eigenvalue weighted by Gasteiger charge is -2.14. The highest BCUT2D eigenvalue weighted by Gasteiger charge is 2.18. The van der Waals surface area contributed by atoms with Gasteiger partial charge in [0.25, 0.3) is 0 Å². The Morgan fingerprint density at radius 1 is 1.71 bits per heavy atom. The van der Waals surface area contributed by atoms with Crippen LogP contribution >= 0.6 is 0 Å². The van der Waals surface area contributed by atoms with E-state index in [1.807, 2.05) is 6.92 Å². The maximum atomic E-state index is 11.5. The summed E-state index contributed by atoms with van der Waals surface area (Å²) in [6.07, 6.45) is 1.76. The molecule has 0 aliphatic carbocycles. The highest BCUT2D eigenvalue weighted by atomic mass is 16.5. The number of amides is 1. The van der Waals surface area contributed by atoms with Gasteiger partial charge in [-0.25, -0.2) is 0 Å². The Morgan fingerprint density at radius 2 is 2.50 bits per heavy atom. The number of hydrogen-bond acceptors (Lipinski definition) is 3. The molecule has 4 heteroatoms. The van der Waals surface area contributed by atoms with Gasteiger partial charge >= 0.3 is 0 Å². The van der Waals surface area contributed by atoms with E-state index < -0.39 is 0 Å². The molecule has 1 aliphatic rings. The Balaban J connectivity index is 2.14. The minimum Gasteiger partial charge on any atom is -0.383 e. The van der Waals surface area contributed by atoms with Crippen molar-refractivity contribution in [3.8, 4) is 0 Å². The molecule has 0 saturated carbocycles. The maximum Gasteiger partial charge on any atom is 0.220 e. The van der Waals surface area contributed by atoms with Crippen molar-refractivity contribution < 1.29 is 9.53 Å². The first-order valence-corrected chi connectivity index (χ1v) is 5.21. The van der Waals surface area contributed by atoms with Gasteiger partial charge in [0, 0.05) is 19.6 Å².